The quantitative estimate of drug-likeness (QED) is 0.796. The Morgan fingerprint density at radius 3 is 2.81 bits per heavy atom. The molecule has 2 N–H and O–H groups in total. The van der Waals surface area contributed by atoms with E-state index in [0.717, 1.165) is 17.8 Å². The molecule has 1 amide bonds. The number of pyridine rings is 1. The van der Waals surface area contributed by atoms with Gasteiger partial charge in [-0.05, 0) is 31.9 Å². The first-order valence-electron chi connectivity index (χ1n) is 5.60. The molecule has 0 aromatic carbocycles. The fourth-order valence-electron chi connectivity index (χ4n) is 1.24. The van der Waals surface area contributed by atoms with Gasteiger partial charge in [-0.25, -0.2) is 4.98 Å². The maximum atomic E-state index is 11.6. The van der Waals surface area contributed by atoms with Gasteiger partial charge in [-0.2, -0.15) is 0 Å². The zero-order valence-corrected chi connectivity index (χ0v) is 10.1. The highest BCUT2D eigenvalue weighted by atomic mass is 16.2. The molecule has 0 saturated carbocycles. The second-order valence-electron chi connectivity index (χ2n) is 3.88. The number of aromatic nitrogens is 1. The van der Waals surface area contributed by atoms with Crippen LogP contribution in [0.25, 0.3) is 0 Å². The van der Waals surface area contributed by atoms with Gasteiger partial charge in [-0.1, -0.05) is 13.0 Å². The molecular weight excluding hydrogens is 202 g/mol. The Morgan fingerprint density at radius 2 is 2.25 bits per heavy atom. The molecule has 1 unspecified atom stereocenters. The Morgan fingerprint density at radius 1 is 1.50 bits per heavy atom. The number of amides is 1. The highest BCUT2D eigenvalue weighted by Gasteiger charge is 2.11. The van der Waals surface area contributed by atoms with Crippen molar-refractivity contribution in [2.24, 2.45) is 0 Å². The van der Waals surface area contributed by atoms with Crippen LogP contribution in [0.3, 0.4) is 0 Å². The molecule has 0 bridgehead atoms. The van der Waals surface area contributed by atoms with Gasteiger partial charge in [0.25, 0.3) is 0 Å². The van der Waals surface area contributed by atoms with Crippen molar-refractivity contribution < 1.29 is 4.79 Å². The third-order valence-corrected chi connectivity index (χ3v) is 2.22. The van der Waals surface area contributed by atoms with E-state index in [0.29, 0.717) is 6.54 Å². The predicted octanol–water partition coefficient (Wildman–Crippen LogP) is 1.72. The van der Waals surface area contributed by atoms with Crippen LogP contribution in [0.5, 0.6) is 0 Å². The summed E-state index contributed by atoms with van der Waals surface area (Å²) in [5.74, 6) is 0.731. The van der Waals surface area contributed by atoms with Crippen LogP contribution in [0.1, 0.15) is 25.8 Å². The zero-order chi connectivity index (χ0) is 12.0. The van der Waals surface area contributed by atoms with E-state index in [1.54, 1.807) is 6.20 Å². The first-order chi connectivity index (χ1) is 7.63. The molecule has 1 heterocycles. The number of carbonyl (C=O) groups excluding carboxylic acids is 1. The van der Waals surface area contributed by atoms with Gasteiger partial charge in [-0.3, -0.25) is 4.79 Å². The molecule has 4 nitrogen and oxygen atoms in total. The first-order valence-corrected chi connectivity index (χ1v) is 5.60. The summed E-state index contributed by atoms with van der Waals surface area (Å²) in [6.45, 7) is 6.55. The van der Waals surface area contributed by atoms with E-state index in [1.165, 1.54) is 0 Å². The minimum Gasteiger partial charge on any atom is -0.359 e. The molecular formula is C12H19N3O. The van der Waals surface area contributed by atoms with E-state index in [9.17, 15) is 4.79 Å². The van der Waals surface area contributed by atoms with E-state index in [4.69, 9.17) is 0 Å². The van der Waals surface area contributed by atoms with Crippen LogP contribution in [0.2, 0.25) is 0 Å². The predicted molar refractivity (Wildman–Crippen MR) is 65.4 cm³/mol. The van der Waals surface area contributed by atoms with Gasteiger partial charge < -0.3 is 10.6 Å². The molecule has 0 spiro atoms. The van der Waals surface area contributed by atoms with Gasteiger partial charge in [0.1, 0.15) is 11.9 Å². The van der Waals surface area contributed by atoms with Crippen molar-refractivity contribution >= 4 is 11.7 Å². The Balaban J connectivity index is 2.47. The second-order valence-corrected chi connectivity index (χ2v) is 3.88. The van der Waals surface area contributed by atoms with Crippen molar-refractivity contribution in [2.75, 3.05) is 11.9 Å². The number of nitrogens with zero attached hydrogens (tertiary/aromatic N) is 1. The van der Waals surface area contributed by atoms with Gasteiger partial charge in [0.15, 0.2) is 0 Å². The highest BCUT2D eigenvalue weighted by Crippen LogP contribution is 2.05. The lowest BCUT2D eigenvalue weighted by Crippen LogP contribution is -2.38. The summed E-state index contributed by atoms with van der Waals surface area (Å²) in [6.07, 6.45) is 2.72. The zero-order valence-electron chi connectivity index (χ0n) is 10.1. The van der Waals surface area contributed by atoms with Crippen LogP contribution in [0.4, 0.5) is 5.82 Å². The Hall–Kier alpha value is -1.58. The lowest BCUT2D eigenvalue weighted by molar-refractivity contribution is -0.121. The molecule has 1 atom stereocenters. The SMILES string of the molecule is CCCNC(=O)C(C)Nc1ccc(C)cn1. The summed E-state index contributed by atoms with van der Waals surface area (Å²) in [5, 5.41) is 5.89. The van der Waals surface area contributed by atoms with Crippen LogP contribution in [-0.2, 0) is 4.79 Å². The van der Waals surface area contributed by atoms with E-state index >= 15 is 0 Å². The topological polar surface area (TPSA) is 54.0 Å². The summed E-state index contributed by atoms with van der Waals surface area (Å²) in [7, 11) is 0. The van der Waals surface area contributed by atoms with Gasteiger partial charge in [0.2, 0.25) is 5.91 Å². The van der Waals surface area contributed by atoms with Crippen molar-refractivity contribution in [3.05, 3.63) is 23.9 Å². The number of carbonyl (C=O) groups is 1. The summed E-state index contributed by atoms with van der Waals surface area (Å²) in [5.41, 5.74) is 1.11. The number of hydrogen-bond acceptors (Lipinski definition) is 3. The lowest BCUT2D eigenvalue weighted by atomic mass is 10.3. The average Bonchev–Trinajstić information content (AvgIpc) is 2.29. The minimum atomic E-state index is -0.262. The van der Waals surface area contributed by atoms with Crippen LogP contribution in [0, 0.1) is 6.92 Å². The molecule has 0 saturated heterocycles. The van der Waals surface area contributed by atoms with Gasteiger partial charge in [0, 0.05) is 12.7 Å². The second kappa shape index (κ2) is 6.10. The molecule has 1 aromatic rings. The standard InChI is InChI=1S/C12H19N3O/c1-4-7-13-12(16)10(3)15-11-6-5-9(2)8-14-11/h5-6,8,10H,4,7H2,1-3H3,(H,13,16)(H,14,15). The summed E-state index contributed by atoms with van der Waals surface area (Å²) < 4.78 is 0. The average molecular weight is 221 g/mol. The van der Waals surface area contributed by atoms with Crippen molar-refractivity contribution in [3.8, 4) is 0 Å². The van der Waals surface area contributed by atoms with Crippen molar-refractivity contribution in [3.63, 3.8) is 0 Å². The largest absolute Gasteiger partial charge is 0.359 e. The monoisotopic (exact) mass is 221 g/mol. The highest BCUT2D eigenvalue weighted by molar-refractivity contribution is 5.83. The van der Waals surface area contributed by atoms with Crippen LogP contribution < -0.4 is 10.6 Å². The van der Waals surface area contributed by atoms with E-state index in [2.05, 4.69) is 15.6 Å². The Bertz CT molecular complexity index is 335. The Kier molecular flexibility index (Phi) is 4.76. The van der Waals surface area contributed by atoms with Crippen LogP contribution >= 0.6 is 0 Å². The molecule has 1 rings (SSSR count). The minimum absolute atomic E-state index is 0.00391. The number of aryl methyl sites for hydroxylation is 1. The van der Waals surface area contributed by atoms with Gasteiger partial charge in [0.05, 0.1) is 0 Å². The van der Waals surface area contributed by atoms with Crippen molar-refractivity contribution in [1.82, 2.24) is 10.3 Å². The van der Waals surface area contributed by atoms with Gasteiger partial charge >= 0.3 is 0 Å². The molecule has 16 heavy (non-hydrogen) atoms. The summed E-state index contributed by atoms with van der Waals surface area (Å²) in [4.78, 5) is 15.8. The summed E-state index contributed by atoms with van der Waals surface area (Å²) >= 11 is 0. The van der Waals surface area contributed by atoms with Crippen molar-refractivity contribution in [1.29, 1.82) is 0 Å². The molecule has 0 aliphatic rings. The molecule has 1 aromatic heterocycles. The number of anilines is 1. The molecule has 0 fully saturated rings. The Labute approximate surface area is 96.5 Å². The van der Waals surface area contributed by atoms with E-state index < -0.39 is 0 Å². The third kappa shape index (κ3) is 3.88. The molecule has 88 valence electrons. The summed E-state index contributed by atoms with van der Waals surface area (Å²) in [6, 6.07) is 3.58. The molecule has 0 radical (unpaired) electrons. The normalized spacial score (nSPS) is 11.9. The maximum Gasteiger partial charge on any atom is 0.242 e. The smallest absolute Gasteiger partial charge is 0.242 e. The number of nitrogens with one attached hydrogen (secondary N) is 2. The molecule has 4 heteroatoms. The lowest BCUT2D eigenvalue weighted by Gasteiger charge is -2.14. The molecule has 0 aliphatic carbocycles. The van der Waals surface area contributed by atoms with E-state index in [1.807, 2.05) is 32.9 Å². The van der Waals surface area contributed by atoms with Crippen LogP contribution in [0.15, 0.2) is 18.3 Å². The van der Waals surface area contributed by atoms with Crippen molar-refractivity contribution in [2.45, 2.75) is 33.2 Å². The van der Waals surface area contributed by atoms with E-state index in [-0.39, 0.29) is 11.9 Å². The fraction of sp³-hybridized carbons (Fsp3) is 0.500. The fourth-order valence-corrected chi connectivity index (χ4v) is 1.24. The van der Waals surface area contributed by atoms with Gasteiger partial charge in [-0.15, -0.1) is 0 Å². The third-order valence-electron chi connectivity index (χ3n) is 2.22. The number of hydrogen-bond donors (Lipinski definition) is 2. The first kappa shape index (κ1) is 12.5. The number of rotatable bonds is 5. The molecule has 0 aliphatic heterocycles. The maximum absolute atomic E-state index is 11.6. The van der Waals surface area contributed by atoms with Crippen LogP contribution in [-0.4, -0.2) is 23.5 Å².